The van der Waals surface area contributed by atoms with E-state index in [1.165, 1.54) is 0 Å². The highest BCUT2D eigenvalue weighted by atomic mass is 16.5. The standard InChI is InChI=1S/C18H15NO3/c1-2-21-14-10-7-13(8-11-14)9-12-17-19-18(20)15-5-3-4-6-16(15)22-17/h3-12H,2H2,1H3/b12-9-. The van der Waals surface area contributed by atoms with Crippen LogP contribution in [-0.4, -0.2) is 11.6 Å². The molecule has 0 saturated heterocycles. The van der Waals surface area contributed by atoms with E-state index in [0.29, 0.717) is 17.6 Å². The van der Waals surface area contributed by atoms with E-state index in [4.69, 9.17) is 9.15 Å². The van der Waals surface area contributed by atoms with Crippen LogP contribution in [0.5, 0.6) is 5.75 Å². The van der Waals surface area contributed by atoms with Gasteiger partial charge in [-0.05, 0) is 42.8 Å². The van der Waals surface area contributed by atoms with Crippen molar-refractivity contribution in [1.82, 2.24) is 4.98 Å². The van der Waals surface area contributed by atoms with Gasteiger partial charge in [-0.2, -0.15) is 4.98 Å². The summed E-state index contributed by atoms with van der Waals surface area (Å²) in [6.45, 7) is 2.59. The molecule has 0 aliphatic heterocycles. The summed E-state index contributed by atoms with van der Waals surface area (Å²) in [7, 11) is 0. The molecule has 0 aliphatic rings. The van der Waals surface area contributed by atoms with E-state index in [1.54, 1.807) is 24.3 Å². The molecule has 1 heterocycles. The Morgan fingerprint density at radius 3 is 2.64 bits per heavy atom. The van der Waals surface area contributed by atoms with E-state index in [9.17, 15) is 4.79 Å². The molecule has 4 heteroatoms. The van der Waals surface area contributed by atoms with Crippen molar-refractivity contribution in [2.75, 3.05) is 6.61 Å². The summed E-state index contributed by atoms with van der Waals surface area (Å²) in [6, 6.07) is 14.7. The third-order valence-corrected chi connectivity index (χ3v) is 3.15. The highest BCUT2D eigenvalue weighted by molar-refractivity contribution is 5.76. The van der Waals surface area contributed by atoms with Gasteiger partial charge >= 0.3 is 0 Å². The van der Waals surface area contributed by atoms with Crippen molar-refractivity contribution >= 4 is 23.1 Å². The Hall–Kier alpha value is -2.88. The quantitative estimate of drug-likeness (QED) is 0.735. The Balaban J connectivity index is 1.87. The van der Waals surface area contributed by atoms with E-state index in [0.717, 1.165) is 11.3 Å². The summed E-state index contributed by atoms with van der Waals surface area (Å²) in [5, 5.41) is 0.487. The van der Waals surface area contributed by atoms with E-state index in [-0.39, 0.29) is 11.4 Å². The van der Waals surface area contributed by atoms with Crippen LogP contribution in [-0.2, 0) is 0 Å². The van der Waals surface area contributed by atoms with Gasteiger partial charge < -0.3 is 9.15 Å². The molecule has 0 aliphatic carbocycles. The van der Waals surface area contributed by atoms with Gasteiger partial charge in [0.2, 0.25) is 5.89 Å². The van der Waals surface area contributed by atoms with Gasteiger partial charge in [-0.15, -0.1) is 0 Å². The highest BCUT2D eigenvalue weighted by Gasteiger charge is 2.02. The van der Waals surface area contributed by atoms with E-state index in [2.05, 4.69) is 4.98 Å². The molecule has 0 unspecified atom stereocenters. The van der Waals surface area contributed by atoms with Crippen molar-refractivity contribution in [3.05, 3.63) is 70.3 Å². The van der Waals surface area contributed by atoms with E-state index >= 15 is 0 Å². The molecular weight excluding hydrogens is 278 g/mol. The van der Waals surface area contributed by atoms with Gasteiger partial charge in [0.1, 0.15) is 11.3 Å². The van der Waals surface area contributed by atoms with E-state index < -0.39 is 0 Å². The minimum atomic E-state index is -0.284. The molecule has 0 fully saturated rings. The summed E-state index contributed by atoms with van der Waals surface area (Å²) in [4.78, 5) is 15.8. The van der Waals surface area contributed by atoms with Crippen LogP contribution >= 0.6 is 0 Å². The Labute approximate surface area is 127 Å². The maximum Gasteiger partial charge on any atom is 0.284 e. The Morgan fingerprint density at radius 2 is 1.86 bits per heavy atom. The third-order valence-electron chi connectivity index (χ3n) is 3.15. The molecule has 1 aromatic heterocycles. The fourth-order valence-corrected chi connectivity index (χ4v) is 2.11. The Kier molecular flexibility index (Phi) is 4.01. The maximum atomic E-state index is 11.9. The number of rotatable bonds is 4. The summed E-state index contributed by atoms with van der Waals surface area (Å²) in [5.41, 5.74) is 1.23. The fourth-order valence-electron chi connectivity index (χ4n) is 2.11. The fraction of sp³-hybridized carbons (Fsp3) is 0.111. The number of hydrogen-bond acceptors (Lipinski definition) is 4. The van der Waals surface area contributed by atoms with Crippen molar-refractivity contribution in [2.24, 2.45) is 0 Å². The number of nitrogens with zero attached hydrogens (tertiary/aromatic N) is 1. The van der Waals surface area contributed by atoms with Crippen LogP contribution in [0.2, 0.25) is 0 Å². The number of benzene rings is 2. The van der Waals surface area contributed by atoms with Crippen molar-refractivity contribution in [3.63, 3.8) is 0 Å². The first kappa shape index (κ1) is 14.1. The van der Waals surface area contributed by atoms with Crippen LogP contribution in [0, 0.1) is 0 Å². The lowest BCUT2D eigenvalue weighted by atomic mass is 10.2. The van der Waals surface area contributed by atoms with Crippen LogP contribution in [0.1, 0.15) is 18.4 Å². The molecule has 110 valence electrons. The average molecular weight is 293 g/mol. The number of hydrogen-bond donors (Lipinski definition) is 0. The molecule has 0 spiro atoms. The predicted octanol–water partition coefficient (Wildman–Crippen LogP) is 3.76. The second-order valence-corrected chi connectivity index (χ2v) is 4.69. The van der Waals surface area contributed by atoms with Crippen molar-refractivity contribution in [3.8, 4) is 5.75 Å². The van der Waals surface area contributed by atoms with Crippen LogP contribution < -0.4 is 10.3 Å². The molecule has 0 amide bonds. The number of aromatic nitrogens is 1. The highest BCUT2D eigenvalue weighted by Crippen LogP contribution is 2.15. The zero-order valence-electron chi connectivity index (χ0n) is 12.2. The van der Waals surface area contributed by atoms with Gasteiger partial charge in [0.25, 0.3) is 5.56 Å². The first-order valence-electron chi connectivity index (χ1n) is 7.07. The van der Waals surface area contributed by atoms with Gasteiger partial charge in [0.15, 0.2) is 0 Å². The normalized spacial score (nSPS) is 11.1. The SMILES string of the molecule is CCOc1ccc(/C=C\c2nc(=O)c3ccccc3o2)cc1. The molecule has 2 aromatic carbocycles. The predicted molar refractivity (Wildman–Crippen MR) is 86.8 cm³/mol. The second kappa shape index (κ2) is 6.26. The molecule has 0 radical (unpaired) electrons. The molecule has 3 rings (SSSR count). The van der Waals surface area contributed by atoms with Crippen LogP contribution in [0.4, 0.5) is 0 Å². The monoisotopic (exact) mass is 293 g/mol. The maximum absolute atomic E-state index is 11.9. The molecule has 3 aromatic rings. The minimum absolute atomic E-state index is 0.284. The molecule has 22 heavy (non-hydrogen) atoms. The zero-order chi connectivity index (χ0) is 15.4. The van der Waals surface area contributed by atoms with Gasteiger partial charge in [-0.1, -0.05) is 24.3 Å². The smallest absolute Gasteiger partial charge is 0.284 e. The van der Waals surface area contributed by atoms with Gasteiger partial charge in [-0.3, -0.25) is 4.79 Å². The summed E-state index contributed by atoms with van der Waals surface area (Å²) in [5.74, 6) is 1.12. The van der Waals surface area contributed by atoms with Crippen LogP contribution in [0.25, 0.3) is 23.1 Å². The van der Waals surface area contributed by atoms with Crippen molar-refractivity contribution in [2.45, 2.75) is 6.92 Å². The first-order valence-corrected chi connectivity index (χ1v) is 7.07. The van der Waals surface area contributed by atoms with Crippen molar-refractivity contribution in [1.29, 1.82) is 0 Å². The van der Waals surface area contributed by atoms with Crippen LogP contribution in [0.3, 0.4) is 0 Å². The van der Waals surface area contributed by atoms with Crippen LogP contribution in [0.15, 0.2) is 57.7 Å². The Bertz CT molecular complexity index is 863. The van der Waals surface area contributed by atoms with Gasteiger partial charge in [-0.25, -0.2) is 0 Å². The van der Waals surface area contributed by atoms with E-state index in [1.807, 2.05) is 43.3 Å². The molecule has 0 atom stereocenters. The lowest BCUT2D eigenvalue weighted by molar-refractivity contribution is 0.340. The summed E-state index contributed by atoms with van der Waals surface area (Å²) >= 11 is 0. The topological polar surface area (TPSA) is 52.3 Å². The van der Waals surface area contributed by atoms with Gasteiger partial charge in [0, 0.05) is 6.08 Å². The number of para-hydroxylation sites is 1. The Morgan fingerprint density at radius 1 is 1.09 bits per heavy atom. The average Bonchev–Trinajstić information content (AvgIpc) is 2.55. The molecular formula is C18H15NO3. The molecule has 0 bridgehead atoms. The first-order chi connectivity index (χ1) is 10.8. The molecule has 4 nitrogen and oxygen atoms in total. The summed E-state index contributed by atoms with van der Waals surface area (Å²) < 4.78 is 11.0. The third kappa shape index (κ3) is 3.06. The zero-order valence-corrected chi connectivity index (χ0v) is 12.2. The van der Waals surface area contributed by atoms with Crippen molar-refractivity contribution < 1.29 is 9.15 Å². The second-order valence-electron chi connectivity index (χ2n) is 4.69. The largest absolute Gasteiger partial charge is 0.494 e. The summed E-state index contributed by atoms with van der Waals surface area (Å²) in [6.07, 6.45) is 3.53. The molecule has 0 N–H and O–H groups in total. The minimum Gasteiger partial charge on any atom is -0.494 e. The van der Waals surface area contributed by atoms with Gasteiger partial charge in [0.05, 0.1) is 12.0 Å². The lowest BCUT2D eigenvalue weighted by Gasteiger charge is -2.02. The lowest BCUT2D eigenvalue weighted by Crippen LogP contribution is -2.06. The molecule has 0 saturated carbocycles. The number of ether oxygens (including phenoxy) is 1. The number of fused-ring (bicyclic) bond motifs is 1.